The molecule has 1 aromatic heterocycles. The van der Waals surface area contributed by atoms with Crippen LogP contribution in [0.15, 0.2) is 11.2 Å². The summed E-state index contributed by atoms with van der Waals surface area (Å²) >= 11 is 0. The number of nitrogens with zero attached hydrogens (tertiary/aromatic N) is 3. The van der Waals surface area contributed by atoms with Crippen molar-refractivity contribution >= 4 is 15.9 Å². The van der Waals surface area contributed by atoms with Crippen LogP contribution in [-0.4, -0.2) is 60.2 Å². The molecular weight excluding hydrogens is 280 g/mol. The number of rotatable bonds is 4. The SMILES string of the molecule is CCc1ncc(S(=O)(=O)N2CCCC2C(=O)N(C)C)[nH]1. The lowest BCUT2D eigenvalue weighted by Gasteiger charge is -2.24. The fourth-order valence-electron chi connectivity index (χ4n) is 2.35. The fourth-order valence-corrected chi connectivity index (χ4v) is 3.94. The Morgan fingerprint density at radius 1 is 1.55 bits per heavy atom. The number of hydrogen-bond donors (Lipinski definition) is 1. The summed E-state index contributed by atoms with van der Waals surface area (Å²) in [5.41, 5.74) is 0. The van der Waals surface area contributed by atoms with E-state index in [1.165, 1.54) is 15.4 Å². The Morgan fingerprint density at radius 3 is 2.80 bits per heavy atom. The van der Waals surface area contributed by atoms with Crippen LogP contribution in [-0.2, 0) is 21.2 Å². The van der Waals surface area contributed by atoms with Crippen molar-refractivity contribution in [1.82, 2.24) is 19.2 Å². The van der Waals surface area contributed by atoms with Gasteiger partial charge >= 0.3 is 0 Å². The number of aromatic amines is 1. The van der Waals surface area contributed by atoms with Gasteiger partial charge in [-0.1, -0.05) is 6.92 Å². The third-order valence-corrected chi connectivity index (χ3v) is 5.27. The number of nitrogens with one attached hydrogen (secondary N) is 1. The van der Waals surface area contributed by atoms with Crippen molar-refractivity contribution in [1.29, 1.82) is 0 Å². The van der Waals surface area contributed by atoms with Crippen LogP contribution >= 0.6 is 0 Å². The topological polar surface area (TPSA) is 86.4 Å². The largest absolute Gasteiger partial charge is 0.347 e. The maximum atomic E-state index is 12.6. The molecule has 2 rings (SSSR count). The zero-order valence-corrected chi connectivity index (χ0v) is 12.8. The quantitative estimate of drug-likeness (QED) is 0.861. The summed E-state index contributed by atoms with van der Waals surface area (Å²) in [6.45, 7) is 2.26. The van der Waals surface area contributed by atoms with Crippen LogP contribution in [0.2, 0.25) is 0 Å². The highest BCUT2D eigenvalue weighted by Crippen LogP contribution is 2.26. The predicted octanol–water partition coefficient (Wildman–Crippen LogP) is 0.213. The van der Waals surface area contributed by atoms with E-state index < -0.39 is 16.1 Å². The van der Waals surface area contributed by atoms with Crippen molar-refractivity contribution in [3.63, 3.8) is 0 Å². The first kappa shape index (κ1) is 15.0. The van der Waals surface area contributed by atoms with E-state index in [-0.39, 0.29) is 10.9 Å². The number of carbonyl (C=O) groups excluding carboxylic acids is 1. The van der Waals surface area contributed by atoms with Crippen molar-refractivity contribution in [2.45, 2.75) is 37.3 Å². The molecule has 0 aromatic carbocycles. The van der Waals surface area contributed by atoms with Crippen molar-refractivity contribution in [2.75, 3.05) is 20.6 Å². The average Bonchev–Trinajstić information content (AvgIpc) is 3.06. The Labute approximate surface area is 119 Å². The summed E-state index contributed by atoms with van der Waals surface area (Å²) in [5.74, 6) is 0.444. The molecule has 2 heterocycles. The second-order valence-electron chi connectivity index (χ2n) is 5.05. The second kappa shape index (κ2) is 5.53. The van der Waals surface area contributed by atoms with Gasteiger partial charge in [-0.15, -0.1) is 0 Å². The molecule has 1 aliphatic heterocycles. The van der Waals surface area contributed by atoms with Gasteiger partial charge in [-0.05, 0) is 12.8 Å². The van der Waals surface area contributed by atoms with Gasteiger partial charge in [0.1, 0.15) is 11.9 Å². The van der Waals surface area contributed by atoms with E-state index in [0.717, 1.165) is 0 Å². The Balaban J connectivity index is 2.30. The molecule has 0 spiro atoms. The standard InChI is InChI=1S/C12H20N4O3S/c1-4-10-13-8-11(14-10)20(18,19)16-7-5-6-9(16)12(17)15(2)3/h8-9H,4-7H2,1-3H3,(H,13,14). The normalized spacial score (nSPS) is 20.2. The number of H-pyrrole nitrogens is 1. The van der Waals surface area contributed by atoms with Gasteiger partial charge in [0.05, 0.1) is 6.20 Å². The minimum absolute atomic E-state index is 0.0628. The highest BCUT2D eigenvalue weighted by atomic mass is 32.2. The molecular formula is C12H20N4O3S. The van der Waals surface area contributed by atoms with Crippen LogP contribution in [0.4, 0.5) is 0 Å². The number of amides is 1. The number of aryl methyl sites for hydroxylation is 1. The van der Waals surface area contributed by atoms with Gasteiger partial charge in [-0.25, -0.2) is 13.4 Å². The Hall–Kier alpha value is -1.41. The summed E-state index contributed by atoms with van der Waals surface area (Å²) in [6, 6.07) is -0.608. The molecule has 0 saturated carbocycles. The van der Waals surface area contributed by atoms with Crippen molar-refractivity contribution in [3.8, 4) is 0 Å². The molecule has 20 heavy (non-hydrogen) atoms. The zero-order valence-electron chi connectivity index (χ0n) is 12.0. The number of sulfonamides is 1. The van der Waals surface area contributed by atoms with Crippen LogP contribution < -0.4 is 0 Å². The van der Waals surface area contributed by atoms with Gasteiger partial charge < -0.3 is 9.88 Å². The smallest absolute Gasteiger partial charge is 0.260 e. The van der Waals surface area contributed by atoms with Gasteiger partial charge in [0.25, 0.3) is 10.0 Å². The maximum Gasteiger partial charge on any atom is 0.260 e. The highest BCUT2D eigenvalue weighted by molar-refractivity contribution is 7.89. The molecule has 112 valence electrons. The molecule has 1 N–H and O–H groups in total. The fraction of sp³-hybridized carbons (Fsp3) is 0.667. The molecule has 0 bridgehead atoms. The Morgan fingerprint density at radius 2 is 2.25 bits per heavy atom. The lowest BCUT2D eigenvalue weighted by molar-refractivity contribution is -0.132. The van der Waals surface area contributed by atoms with E-state index in [9.17, 15) is 13.2 Å². The molecule has 0 aliphatic carbocycles. The lowest BCUT2D eigenvalue weighted by Crippen LogP contribution is -2.45. The van der Waals surface area contributed by atoms with Gasteiger partial charge in [0.15, 0.2) is 5.03 Å². The van der Waals surface area contributed by atoms with Crippen molar-refractivity contribution in [2.24, 2.45) is 0 Å². The predicted molar refractivity (Wildman–Crippen MR) is 73.6 cm³/mol. The van der Waals surface area contributed by atoms with Crippen molar-refractivity contribution < 1.29 is 13.2 Å². The molecule has 1 unspecified atom stereocenters. The highest BCUT2D eigenvalue weighted by Gasteiger charge is 2.40. The van der Waals surface area contributed by atoms with Gasteiger partial charge in [-0.2, -0.15) is 4.31 Å². The van der Waals surface area contributed by atoms with Gasteiger partial charge in [-0.3, -0.25) is 4.79 Å². The maximum absolute atomic E-state index is 12.6. The van der Waals surface area contributed by atoms with Crippen molar-refractivity contribution in [3.05, 3.63) is 12.0 Å². The Kier molecular flexibility index (Phi) is 4.14. The number of carbonyl (C=O) groups is 1. The first-order valence-electron chi connectivity index (χ1n) is 6.64. The molecule has 0 radical (unpaired) electrons. The van der Waals surface area contributed by atoms with Crippen LogP contribution in [0.1, 0.15) is 25.6 Å². The van der Waals surface area contributed by atoms with Crippen LogP contribution in [0.5, 0.6) is 0 Å². The van der Waals surface area contributed by atoms with E-state index in [2.05, 4.69) is 9.97 Å². The monoisotopic (exact) mass is 300 g/mol. The second-order valence-corrected chi connectivity index (χ2v) is 6.91. The first-order chi connectivity index (χ1) is 9.37. The van der Waals surface area contributed by atoms with Gasteiger partial charge in [0, 0.05) is 27.1 Å². The molecule has 1 amide bonds. The average molecular weight is 300 g/mol. The molecule has 1 aliphatic rings. The van der Waals surface area contributed by atoms with E-state index in [1.54, 1.807) is 14.1 Å². The lowest BCUT2D eigenvalue weighted by atomic mass is 10.2. The molecule has 1 fully saturated rings. The third kappa shape index (κ3) is 2.57. The number of aromatic nitrogens is 2. The van der Waals surface area contributed by atoms with E-state index in [0.29, 0.717) is 31.6 Å². The number of hydrogen-bond acceptors (Lipinski definition) is 4. The minimum atomic E-state index is -3.69. The minimum Gasteiger partial charge on any atom is -0.347 e. The molecule has 8 heteroatoms. The third-order valence-electron chi connectivity index (χ3n) is 3.46. The van der Waals surface area contributed by atoms with Crippen LogP contribution in [0, 0.1) is 0 Å². The molecule has 1 saturated heterocycles. The summed E-state index contributed by atoms with van der Waals surface area (Å²) in [4.78, 5) is 20.3. The molecule has 1 atom stereocenters. The van der Waals surface area contributed by atoms with Gasteiger partial charge in [0.2, 0.25) is 5.91 Å². The first-order valence-corrected chi connectivity index (χ1v) is 8.08. The number of likely N-dealkylation sites (N-methyl/N-ethyl adjacent to an activating group) is 1. The molecule has 1 aromatic rings. The summed E-state index contributed by atoms with van der Waals surface area (Å²) in [6.07, 6.45) is 3.21. The van der Waals surface area contributed by atoms with Crippen LogP contribution in [0.3, 0.4) is 0 Å². The van der Waals surface area contributed by atoms with E-state index in [4.69, 9.17) is 0 Å². The number of imidazole rings is 1. The Bertz CT molecular complexity index is 594. The molecule has 7 nitrogen and oxygen atoms in total. The van der Waals surface area contributed by atoms with E-state index >= 15 is 0 Å². The zero-order chi connectivity index (χ0) is 14.9. The van der Waals surface area contributed by atoms with Crippen LogP contribution in [0.25, 0.3) is 0 Å². The summed E-state index contributed by atoms with van der Waals surface area (Å²) in [5, 5.41) is 0.0628. The van der Waals surface area contributed by atoms with E-state index in [1.807, 2.05) is 6.92 Å². The summed E-state index contributed by atoms with van der Waals surface area (Å²) in [7, 11) is -0.416. The summed E-state index contributed by atoms with van der Waals surface area (Å²) < 4.78 is 26.5.